The molecule has 6 heteroatoms. The minimum absolute atomic E-state index is 0.210. The Labute approximate surface area is 158 Å². The number of hydrogen-bond acceptors (Lipinski definition) is 4. The fraction of sp³-hybridized carbons (Fsp3) is 0.286. The Kier molecular flexibility index (Phi) is 4.98. The van der Waals surface area contributed by atoms with Crippen LogP contribution in [-0.2, 0) is 6.42 Å². The molecule has 0 aliphatic carbocycles. The number of nitrogens with one attached hydrogen (secondary N) is 3. The molecule has 27 heavy (non-hydrogen) atoms. The zero-order valence-electron chi connectivity index (χ0n) is 15.3. The average Bonchev–Trinajstić information content (AvgIpc) is 3.35. The SMILES string of the molecule is Cc1ccc(-c2cnc(NC(=O)c3cncc(CC4CCNC4)c3)[nH]2)cc1. The number of amides is 1. The van der Waals surface area contributed by atoms with Crippen molar-refractivity contribution >= 4 is 11.9 Å². The van der Waals surface area contributed by atoms with Crippen molar-refractivity contribution < 1.29 is 4.79 Å². The lowest BCUT2D eigenvalue weighted by Crippen LogP contribution is -2.15. The first-order chi connectivity index (χ1) is 13.2. The molecule has 1 amide bonds. The number of rotatable bonds is 5. The van der Waals surface area contributed by atoms with Gasteiger partial charge in [-0.3, -0.25) is 15.1 Å². The molecule has 0 radical (unpaired) electrons. The van der Waals surface area contributed by atoms with Gasteiger partial charge in [-0.2, -0.15) is 0 Å². The van der Waals surface area contributed by atoms with E-state index in [1.807, 2.05) is 43.5 Å². The van der Waals surface area contributed by atoms with Gasteiger partial charge in [0, 0.05) is 12.4 Å². The Morgan fingerprint density at radius 1 is 1.22 bits per heavy atom. The van der Waals surface area contributed by atoms with Gasteiger partial charge < -0.3 is 10.3 Å². The molecule has 1 aliphatic heterocycles. The molecule has 1 aliphatic rings. The maximum absolute atomic E-state index is 12.6. The van der Waals surface area contributed by atoms with Crippen molar-refractivity contribution in [2.75, 3.05) is 18.4 Å². The van der Waals surface area contributed by atoms with Crippen molar-refractivity contribution in [1.29, 1.82) is 0 Å². The smallest absolute Gasteiger partial charge is 0.259 e. The summed E-state index contributed by atoms with van der Waals surface area (Å²) in [5, 5.41) is 6.19. The van der Waals surface area contributed by atoms with Gasteiger partial charge in [-0.05, 0) is 56.0 Å². The predicted octanol–water partition coefficient (Wildman–Crippen LogP) is 3.18. The molecule has 1 atom stereocenters. The number of aryl methyl sites for hydroxylation is 1. The number of pyridine rings is 1. The molecule has 2 aromatic heterocycles. The predicted molar refractivity (Wildman–Crippen MR) is 106 cm³/mol. The summed E-state index contributed by atoms with van der Waals surface area (Å²) in [4.78, 5) is 24.2. The molecule has 0 spiro atoms. The number of anilines is 1. The standard InChI is InChI=1S/C21H23N5O/c1-14-2-4-17(5-3-14)19-13-24-21(25-19)26-20(27)18-9-16(11-23-12-18)8-15-6-7-22-10-15/h2-5,9,11-13,15,22H,6-8,10H2,1H3,(H2,24,25,26,27). The molecular formula is C21H23N5O. The largest absolute Gasteiger partial charge is 0.324 e. The summed E-state index contributed by atoms with van der Waals surface area (Å²) in [7, 11) is 0. The summed E-state index contributed by atoms with van der Waals surface area (Å²) in [5.74, 6) is 0.840. The summed E-state index contributed by atoms with van der Waals surface area (Å²) in [5.41, 5.74) is 4.74. The van der Waals surface area contributed by atoms with E-state index in [1.165, 1.54) is 12.0 Å². The number of carbonyl (C=O) groups excluding carboxylic acids is 1. The first-order valence-electron chi connectivity index (χ1n) is 9.25. The Morgan fingerprint density at radius 3 is 2.85 bits per heavy atom. The quantitative estimate of drug-likeness (QED) is 0.652. The Balaban J connectivity index is 1.44. The van der Waals surface area contributed by atoms with Crippen LogP contribution in [0.25, 0.3) is 11.3 Å². The minimum atomic E-state index is -0.210. The number of imidazole rings is 1. The lowest BCUT2D eigenvalue weighted by molar-refractivity contribution is 0.102. The Hall–Kier alpha value is -2.99. The first kappa shape index (κ1) is 17.4. The van der Waals surface area contributed by atoms with Gasteiger partial charge in [0.15, 0.2) is 0 Å². The molecule has 138 valence electrons. The van der Waals surface area contributed by atoms with Crippen LogP contribution in [0.4, 0.5) is 5.95 Å². The molecule has 6 nitrogen and oxygen atoms in total. The van der Waals surface area contributed by atoms with E-state index in [9.17, 15) is 4.79 Å². The van der Waals surface area contributed by atoms with Crippen LogP contribution >= 0.6 is 0 Å². The van der Waals surface area contributed by atoms with Crippen molar-refractivity contribution in [3.05, 3.63) is 65.6 Å². The van der Waals surface area contributed by atoms with Gasteiger partial charge in [0.25, 0.3) is 5.91 Å². The first-order valence-corrected chi connectivity index (χ1v) is 9.25. The molecule has 3 aromatic rings. The summed E-state index contributed by atoms with van der Waals surface area (Å²) in [6, 6.07) is 10.1. The second-order valence-corrected chi connectivity index (χ2v) is 7.11. The lowest BCUT2D eigenvalue weighted by atomic mass is 9.99. The van der Waals surface area contributed by atoms with E-state index in [1.54, 1.807) is 12.4 Å². The molecule has 1 aromatic carbocycles. The van der Waals surface area contributed by atoms with Crippen LogP contribution in [-0.4, -0.2) is 33.9 Å². The molecule has 0 bridgehead atoms. The number of benzene rings is 1. The monoisotopic (exact) mass is 361 g/mol. The van der Waals surface area contributed by atoms with Gasteiger partial charge in [-0.15, -0.1) is 0 Å². The maximum atomic E-state index is 12.6. The number of aromatic nitrogens is 3. The third-order valence-corrected chi connectivity index (χ3v) is 4.91. The topological polar surface area (TPSA) is 82.7 Å². The van der Waals surface area contributed by atoms with Crippen LogP contribution < -0.4 is 10.6 Å². The van der Waals surface area contributed by atoms with Gasteiger partial charge in [-0.25, -0.2) is 4.98 Å². The molecular weight excluding hydrogens is 338 g/mol. The van der Waals surface area contributed by atoms with E-state index in [2.05, 4.69) is 25.6 Å². The molecule has 3 heterocycles. The second-order valence-electron chi connectivity index (χ2n) is 7.11. The van der Waals surface area contributed by atoms with Crippen LogP contribution in [0.15, 0.2) is 48.9 Å². The number of H-pyrrole nitrogens is 1. The van der Waals surface area contributed by atoms with Crippen molar-refractivity contribution in [2.45, 2.75) is 19.8 Å². The van der Waals surface area contributed by atoms with Gasteiger partial charge >= 0.3 is 0 Å². The van der Waals surface area contributed by atoms with Crippen LogP contribution in [0.2, 0.25) is 0 Å². The molecule has 1 fully saturated rings. The third-order valence-electron chi connectivity index (χ3n) is 4.91. The van der Waals surface area contributed by atoms with E-state index in [-0.39, 0.29) is 5.91 Å². The van der Waals surface area contributed by atoms with E-state index in [0.29, 0.717) is 17.4 Å². The van der Waals surface area contributed by atoms with Crippen molar-refractivity contribution in [3.8, 4) is 11.3 Å². The molecule has 3 N–H and O–H groups in total. The highest BCUT2D eigenvalue weighted by Gasteiger charge is 2.16. The zero-order chi connectivity index (χ0) is 18.6. The Morgan fingerprint density at radius 2 is 2.07 bits per heavy atom. The van der Waals surface area contributed by atoms with Gasteiger partial charge in [-0.1, -0.05) is 29.8 Å². The summed E-state index contributed by atoms with van der Waals surface area (Å²) in [6.45, 7) is 4.15. The van der Waals surface area contributed by atoms with Crippen LogP contribution in [0.1, 0.15) is 27.9 Å². The summed E-state index contributed by atoms with van der Waals surface area (Å²) >= 11 is 0. The highest BCUT2D eigenvalue weighted by Crippen LogP contribution is 2.20. The van der Waals surface area contributed by atoms with Gasteiger partial charge in [0.2, 0.25) is 5.95 Å². The summed E-state index contributed by atoms with van der Waals surface area (Å²) < 4.78 is 0. The zero-order valence-corrected chi connectivity index (χ0v) is 15.3. The minimum Gasteiger partial charge on any atom is -0.324 e. The maximum Gasteiger partial charge on any atom is 0.259 e. The van der Waals surface area contributed by atoms with Gasteiger partial charge in [0.05, 0.1) is 17.5 Å². The summed E-state index contributed by atoms with van der Waals surface area (Å²) in [6.07, 6.45) is 7.28. The van der Waals surface area contributed by atoms with Crippen molar-refractivity contribution in [3.63, 3.8) is 0 Å². The number of carbonyl (C=O) groups is 1. The lowest BCUT2D eigenvalue weighted by Gasteiger charge is -2.09. The molecule has 1 unspecified atom stereocenters. The van der Waals surface area contributed by atoms with E-state index in [0.717, 1.165) is 36.3 Å². The fourth-order valence-electron chi connectivity index (χ4n) is 3.39. The third kappa shape index (κ3) is 4.23. The number of aromatic amines is 1. The molecule has 4 rings (SSSR count). The highest BCUT2D eigenvalue weighted by molar-refractivity contribution is 6.03. The normalized spacial score (nSPS) is 16.4. The van der Waals surface area contributed by atoms with Crippen LogP contribution in [0.3, 0.4) is 0 Å². The number of hydrogen-bond donors (Lipinski definition) is 3. The van der Waals surface area contributed by atoms with Crippen LogP contribution in [0.5, 0.6) is 0 Å². The highest BCUT2D eigenvalue weighted by atomic mass is 16.1. The fourth-order valence-corrected chi connectivity index (χ4v) is 3.39. The average molecular weight is 361 g/mol. The van der Waals surface area contributed by atoms with E-state index in [4.69, 9.17) is 0 Å². The van der Waals surface area contributed by atoms with Crippen molar-refractivity contribution in [1.82, 2.24) is 20.3 Å². The Bertz CT molecular complexity index is 926. The van der Waals surface area contributed by atoms with E-state index < -0.39 is 0 Å². The molecule has 0 saturated carbocycles. The van der Waals surface area contributed by atoms with E-state index >= 15 is 0 Å². The van der Waals surface area contributed by atoms with Gasteiger partial charge in [0.1, 0.15) is 0 Å². The molecule has 1 saturated heterocycles. The second kappa shape index (κ2) is 7.72. The van der Waals surface area contributed by atoms with Crippen molar-refractivity contribution in [2.24, 2.45) is 5.92 Å². The number of nitrogens with zero attached hydrogens (tertiary/aromatic N) is 2. The van der Waals surface area contributed by atoms with Crippen LogP contribution in [0, 0.1) is 12.8 Å².